The molecule has 1 N–H and O–H groups in total. The zero-order chi connectivity index (χ0) is 20.1. The summed E-state index contributed by atoms with van der Waals surface area (Å²) in [5.74, 6) is 1.42. The fourth-order valence-corrected chi connectivity index (χ4v) is 7.14. The van der Waals surface area contributed by atoms with Crippen LogP contribution in [0.25, 0.3) is 0 Å². The number of nitrogens with one attached hydrogen (secondary N) is 1. The van der Waals surface area contributed by atoms with Crippen LogP contribution in [0.1, 0.15) is 72.4 Å². The number of carbonyl (C=O) groups is 1. The molecule has 2 aromatic rings. The molecule has 0 radical (unpaired) electrons. The minimum Gasteiger partial charge on any atom is -0.317 e. The molecule has 1 aromatic heterocycles. The van der Waals surface area contributed by atoms with Crippen LogP contribution in [0, 0.1) is 11.3 Å². The van der Waals surface area contributed by atoms with Crippen LogP contribution in [-0.2, 0) is 17.6 Å². The van der Waals surface area contributed by atoms with Crippen LogP contribution < -0.4 is 5.32 Å². The van der Waals surface area contributed by atoms with E-state index in [1.807, 2.05) is 11.8 Å². The maximum Gasteiger partial charge on any atom is 0.225 e. The van der Waals surface area contributed by atoms with Crippen molar-refractivity contribution in [2.45, 2.75) is 69.0 Å². The summed E-state index contributed by atoms with van der Waals surface area (Å²) >= 11 is 3.56. The SMILES string of the molecule is N#Cc1c(NC(=O)CCSC2CCCCC2)sc2c1CCC(c1ccccc1)C2. The molecule has 5 heteroatoms. The van der Waals surface area contributed by atoms with Crippen molar-refractivity contribution in [2.75, 3.05) is 11.1 Å². The summed E-state index contributed by atoms with van der Waals surface area (Å²) in [4.78, 5) is 13.8. The van der Waals surface area contributed by atoms with Gasteiger partial charge < -0.3 is 5.32 Å². The highest BCUT2D eigenvalue weighted by Gasteiger charge is 2.27. The molecule has 0 aliphatic heterocycles. The summed E-state index contributed by atoms with van der Waals surface area (Å²) in [6.45, 7) is 0. The Morgan fingerprint density at radius 1 is 1.17 bits per heavy atom. The first kappa shape index (κ1) is 20.5. The second kappa shape index (κ2) is 9.82. The molecule has 1 unspecified atom stereocenters. The number of fused-ring (bicyclic) bond motifs is 1. The van der Waals surface area contributed by atoms with E-state index in [-0.39, 0.29) is 5.91 Å². The van der Waals surface area contributed by atoms with Gasteiger partial charge in [0, 0.05) is 22.3 Å². The predicted octanol–water partition coefficient (Wildman–Crippen LogP) is 6.29. The van der Waals surface area contributed by atoms with Gasteiger partial charge in [0.2, 0.25) is 5.91 Å². The third-order valence-corrected chi connectivity index (χ3v) is 8.69. The molecule has 1 aromatic carbocycles. The molecule has 2 aliphatic carbocycles. The molecule has 0 bridgehead atoms. The maximum atomic E-state index is 12.5. The number of thioether (sulfide) groups is 1. The summed E-state index contributed by atoms with van der Waals surface area (Å²) < 4.78 is 0. The van der Waals surface area contributed by atoms with Crippen molar-refractivity contribution in [3.63, 3.8) is 0 Å². The molecule has 4 rings (SSSR count). The smallest absolute Gasteiger partial charge is 0.225 e. The van der Waals surface area contributed by atoms with Crippen LogP contribution in [0.15, 0.2) is 30.3 Å². The first-order valence-electron chi connectivity index (χ1n) is 10.8. The Hall–Kier alpha value is -1.77. The number of thiophene rings is 1. The van der Waals surface area contributed by atoms with Crippen LogP contribution in [-0.4, -0.2) is 16.9 Å². The number of hydrogen-bond acceptors (Lipinski definition) is 4. The molecule has 1 heterocycles. The van der Waals surface area contributed by atoms with Crippen molar-refractivity contribution in [3.05, 3.63) is 51.9 Å². The fraction of sp³-hybridized carbons (Fsp3) is 0.500. The van der Waals surface area contributed by atoms with Crippen LogP contribution in [0.3, 0.4) is 0 Å². The van der Waals surface area contributed by atoms with Gasteiger partial charge in [0.25, 0.3) is 0 Å². The fourth-order valence-electron chi connectivity index (χ4n) is 4.54. The Morgan fingerprint density at radius 2 is 1.97 bits per heavy atom. The van der Waals surface area contributed by atoms with Gasteiger partial charge in [-0.15, -0.1) is 11.3 Å². The second-order valence-electron chi connectivity index (χ2n) is 8.10. The van der Waals surface area contributed by atoms with E-state index in [2.05, 4.69) is 41.7 Å². The predicted molar refractivity (Wildman–Crippen MR) is 123 cm³/mol. The maximum absolute atomic E-state index is 12.5. The summed E-state index contributed by atoms with van der Waals surface area (Å²) in [6.07, 6.45) is 10.1. The van der Waals surface area contributed by atoms with Gasteiger partial charge in [-0.3, -0.25) is 4.79 Å². The average Bonchev–Trinajstić information content (AvgIpc) is 3.11. The third-order valence-electron chi connectivity index (χ3n) is 6.14. The van der Waals surface area contributed by atoms with E-state index in [0.29, 0.717) is 17.9 Å². The van der Waals surface area contributed by atoms with Gasteiger partial charge in [0.05, 0.1) is 5.56 Å². The number of anilines is 1. The van der Waals surface area contributed by atoms with E-state index >= 15 is 0 Å². The first-order chi connectivity index (χ1) is 14.2. The monoisotopic (exact) mass is 424 g/mol. The van der Waals surface area contributed by atoms with Crippen molar-refractivity contribution in [1.29, 1.82) is 5.26 Å². The third kappa shape index (κ3) is 5.05. The topological polar surface area (TPSA) is 52.9 Å². The Morgan fingerprint density at radius 3 is 2.72 bits per heavy atom. The molecular weight excluding hydrogens is 396 g/mol. The van der Waals surface area contributed by atoms with Crippen LogP contribution in [0.5, 0.6) is 0 Å². The first-order valence-corrected chi connectivity index (χ1v) is 12.6. The minimum absolute atomic E-state index is 0.0445. The van der Waals surface area contributed by atoms with E-state index < -0.39 is 0 Å². The lowest BCUT2D eigenvalue weighted by atomic mass is 9.83. The highest BCUT2D eigenvalue weighted by Crippen LogP contribution is 2.42. The lowest BCUT2D eigenvalue weighted by molar-refractivity contribution is -0.115. The van der Waals surface area contributed by atoms with Gasteiger partial charge in [-0.1, -0.05) is 49.6 Å². The summed E-state index contributed by atoms with van der Waals surface area (Å²) in [7, 11) is 0. The quantitative estimate of drug-likeness (QED) is 0.593. The molecule has 1 saturated carbocycles. The molecule has 1 amide bonds. The number of hydrogen-bond donors (Lipinski definition) is 1. The molecule has 1 fully saturated rings. The highest BCUT2D eigenvalue weighted by atomic mass is 32.2. The number of amides is 1. The summed E-state index contributed by atoms with van der Waals surface area (Å²) in [5.41, 5.74) is 3.23. The van der Waals surface area contributed by atoms with Gasteiger partial charge in [-0.2, -0.15) is 17.0 Å². The molecule has 0 saturated heterocycles. The van der Waals surface area contributed by atoms with Gasteiger partial charge in [-0.25, -0.2) is 0 Å². The zero-order valence-electron chi connectivity index (χ0n) is 16.8. The standard InChI is InChI=1S/C24H28N2OS2/c25-16-21-20-12-11-18(17-7-3-1-4-8-17)15-22(20)29-24(21)26-23(27)13-14-28-19-9-5-2-6-10-19/h1,3-4,7-8,18-19H,2,5-6,9-15H2,(H,26,27). The van der Waals surface area contributed by atoms with Crippen molar-refractivity contribution in [3.8, 4) is 6.07 Å². The number of nitriles is 1. The van der Waals surface area contributed by atoms with Crippen molar-refractivity contribution >= 4 is 34.0 Å². The van der Waals surface area contributed by atoms with Gasteiger partial charge in [0.1, 0.15) is 11.1 Å². The van der Waals surface area contributed by atoms with Gasteiger partial charge in [0.15, 0.2) is 0 Å². The largest absolute Gasteiger partial charge is 0.317 e. The number of carbonyl (C=O) groups excluding carboxylic acids is 1. The van der Waals surface area contributed by atoms with Gasteiger partial charge >= 0.3 is 0 Å². The van der Waals surface area contributed by atoms with E-state index in [1.54, 1.807) is 11.3 Å². The van der Waals surface area contributed by atoms with Crippen molar-refractivity contribution in [2.24, 2.45) is 0 Å². The molecule has 1 atom stereocenters. The summed E-state index contributed by atoms with van der Waals surface area (Å²) in [5, 5.41) is 14.3. The van der Waals surface area contributed by atoms with E-state index in [9.17, 15) is 10.1 Å². The van der Waals surface area contributed by atoms with Gasteiger partial charge in [-0.05, 0) is 49.1 Å². The average molecular weight is 425 g/mol. The van der Waals surface area contributed by atoms with Crippen LogP contribution in [0.2, 0.25) is 0 Å². The Labute approximate surface area is 181 Å². The Balaban J connectivity index is 1.36. The van der Waals surface area contributed by atoms with Crippen LogP contribution >= 0.6 is 23.1 Å². The molecule has 0 spiro atoms. The van der Waals surface area contributed by atoms with E-state index in [1.165, 1.54) is 42.5 Å². The molecule has 152 valence electrons. The normalized spacial score (nSPS) is 19.3. The Kier molecular flexibility index (Phi) is 6.94. The highest BCUT2D eigenvalue weighted by molar-refractivity contribution is 7.99. The number of rotatable bonds is 6. The number of benzene rings is 1. The van der Waals surface area contributed by atoms with E-state index in [0.717, 1.165) is 40.8 Å². The summed E-state index contributed by atoms with van der Waals surface area (Å²) in [6, 6.07) is 13.0. The second-order valence-corrected chi connectivity index (χ2v) is 10.6. The number of nitrogens with zero attached hydrogens (tertiary/aromatic N) is 1. The molecular formula is C24H28N2OS2. The minimum atomic E-state index is 0.0445. The Bertz CT molecular complexity index is 878. The van der Waals surface area contributed by atoms with Crippen molar-refractivity contribution in [1.82, 2.24) is 0 Å². The molecule has 29 heavy (non-hydrogen) atoms. The van der Waals surface area contributed by atoms with Crippen LogP contribution in [0.4, 0.5) is 5.00 Å². The lowest BCUT2D eigenvalue weighted by Gasteiger charge is -2.22. The molecule has 3 nitrogen and oxygen atoms in total. The van der Waals surface area contributed by atoms with E-state index in [4.69, 9.17) is 0 Å². The zero-order valence-corrected chi connectivity index (χ0v) is 18.4. The molecule has 2 aliphatic rings. The lowest BCUT2D eigenvalue weighted by Crippen LogP contribution is -2.14. The van der Waals surface area contributed by atoms with Crippen molar-refractivity contribution < 1.29 is 4.79 Å².